The van der Waals surface area contributed by atoms with Gasteiger partial charge in [-0.05, 0) is 48.8 Å². The van der Waals surface area contributed by atoms with Crippen molar-refractivity contribution in [2.45, 2.75) is 45.1 Å². The van der Waals surface area contributed by atoms with Gasteiger partial charge < -0.3 is 5.32 Å². The van der Waals surface area contributed by atoms with Gasteiger partial charge in [0.25, 0.3) is 0 Å². The fourth-order valence-electron chi connectivity index (χ4n) is 2.74. The van der Waals surface area contributed by atoms with Crippen LogP contribution in [-0.4, -0.2) is 18.1 Å². The van der Waals surface area contributed by atoms with Crippen molar-refractivity contribution >= 4 is 11.8 Å². The van der Waals surface area contributed by atoms with Crippen LogP contribution >= 0.6 is 11.8 Å². The Labute approximate surface area is 122 Å². The first kappa shape index (κ1) is 14.9. The topological polar surface area (TPSA) is 12.0 Å². The second-order valence-electron chi connectivity index (χ2n) is 5.57. The van der Waals surface area contributed by atoms with Crippen molar-refractivity contribution < 1.29 is 0 Å². The lowest BCUT2D eigenvalue weighted by Crippen LogP contribution is -2.29. The highest BCUT2D eigenvalue weighted by atomic mass is 32.2. The van der Waals surface area contributed by atoms with Crippen molar-refractivity contribution in [2.24, 2.45) is 5.92 Å². The van der Waals surface area contributed by atoms with Crippen molar-refractivity contribution in [1.82, 2.24) is 5.32 Å². The van der Waals surface area contributed by atoms with E-state index in [9.17, 15) is 0 Å². The van der Waals surface area contributed by atoms with E-state index in [1.165, 1.54) is 55.7 Å². The SMILES string of the molecule is CCCCC(NCC1CCSCC1)c1ccccc1. The molecule has 2 rings (SSSR count). The summed E-state index contributed by atoms with van der Waals surface area (Å²) in [7, 11) is 0. The summed E-state index contributed by atoms with van der Waals surface area (Å²) in [5, 5.41) is 3.83. The average molecular weight is 277 g/mol. The van der Waals surface area contributed by atoms with E-state index < -0.39 is 0 Å². The molecule has 0 aliphatic carbocycles. The summed E-state index contributed by atoms with van der Waals surface area (Å²) < 4.78 is 0. The third kappa shape index (κ3) is 5.19. The highest BCUT2D eigenvalue weighted by Crippen LogP contribution is 2.24. The standard InChI is InChI=1S/C17H27NS/c1-2-3-9-17(16-7-5-4-6-8-16)18-14-15-10-12-19-13-11-15/h4-8,15,17-18H,2-3,9-14H2,1H3. The number of hydrogen-bond acceptors (Lipinski definition) is 2. The Balaban J connectivity index is 1.86. The molecule has 1 nitrogen and oxygen atoms in total. The quantitative estimate of drug-likeness (QED) is 0.778. The Kier molecular flexibility index (Phi) is 6.80. The first-order valence-corrected chi connectivity index (χ1v) is 8.91. The largest absolute Gasteiger partial charge is 0.310 e. The molecule has 1 aromatic rings. The number of thioether (sulfide) groups is 1. The van der Waals surface area contributed by atoms with E-state index in [1.807, 2.05) is 0 Å². The van der Waals surface area contributed by atoms with Crippen molar-refractivity contribution in [3.63, 3.8) is 0 Å². The zero-order valence-electron chi connectivity index (χ0n) is 12.1. The fraction of sp³-hybridized carbons (Fsp3) is 0.647. The normalized spacial score (nSPS) is 18.4. The van der Waals surface area contributed by atoms with Crippen LogP contribution in [0, 0.1) is 5.92 Å². The Morgan fingerprint density at radius 2 is 1.95 bits per heavy atom. The molecule has 1 unspecified atom stereocenters. The molecule has 0 amide bonds. The molecular formula is C17H27NS. The molecule has 106 valence electrons. The van der Waals surface area contributed by atoms with Gasteiger partial charge in [0.2, 0.25) is 0 Å². The van der Waals surface area contributed by atoms with Crippen LogP contribution in [0.3, 0.4) is 0 Å². The van der Waals surface area contributed by atoms with Crippen LogP contribution in [0.2, 0.25) is 0 Å². The maximum absolute atomic E-state index is 3.83. The molecule has 1 atom stereocenters. The van der Waals surface area contributed by atoms with Gasteiger partial charge in [-0.1, -0.05) is 50.1 Å². The highest BCUT2D eigenvalue weighted by Gasteiger charge is 2.16. The summed E-state index contributed by atoms with van der Waals surface area (Å²) in [5.41, 5.74) is 1.46. The van der Waals surface area contributed by atoms with Gasteiger partial charge in [-0.3, -0.25) is 0 Å². The van der Waals surface area contributed by atoms with Gasteiger partial charge in [0.15, 0.2) is 0 Å². The molecule has 2 heteroatoms. The number of unbranched alkanes of at least 4 members (excludes halogenated alkanes) is 1. The maximum atomic E-state index is 3.83. The first-order chi connectivity index (χ1) is 9.40. The van der Waals surface area contributed by atoms with Gasteiger partial charge in [-0.2, -0.15) is 11.8 Å². The van der Waals surface area contributed by atoms with E-state index in [2.05, 4.69) is 54.3 Å². The number of benzene rings is 1. The third-order valence-electron chi connectivity index (χ3n) is 4.04. The molecule has 1 aliphatic heterocycles. The maximum Gasteiger partial charge on any atom is 0.0320 e. The summed E-state index contributed by atoms with van der Waals surface area (Å²) in [5.74, 6) is 3.61. The number of rotatable bonds is 7. The summed E-state index contributed by atoms with van der Waals surface area (Å²) in [6.07, 6.45) is 6.65. The Hall–Kier alpha value is -0.470. The molecule has 19 heavy (non-hydrogen) atoms. The minimum absolute atomic E-state index is 0.552. The molecule has 1 saturated heterocycles. The average Bonchev–Trinajstić information content (AvgIpc) is 2.49. The minimum atomic E-state index is 0.552. The molecular weight excluding hydrogens is 250 g/mol. The molecule has 1 aromatic carbocycles. The van der Waals surface area contributed by atoms with Crippen molar-refractivity contribution in [1.29, 1.82) is 0 Å². The van der Waals surface area contributed by atoms with Crippen LogP contribution in [0.25, 0.3) is 0 Å². The van der Waals surface area contributed by atoms with E-state index in [4.69, 9.17) is 0 Å². The van der Waals surface area contributed by atoms with Crippen LogP contribution in [0.4, 0.5) is 0 Å². The van der Waals surface area contributed by atoms with E-state index in [1.54, 1.807) is 0 Å². The Morgan fingerprint density at radius 1 is 1.21 bits per heavy atom. The smallest absolute Gasteiger partial charge is 0.0320 e. The van der Waals surface area contributed by atoms with Crippen LogP contribution in [0.1, 0.15) is 50.6 Å². The van der Waals surface area contributed by atoms with Gasteiger partial charge in [0, 0.05) is 6.04 Å². The predicted molar refractivity (Wildman–Crippen MR) is 86.8 cm³/mol. The molecule has 0 radical (unpaired) electrons. The second kappa shape index (κ2) is 8.65. The summed E-state index contributed by atoms with van der Waals surface area (Å²) in [6, 6.07) is 11.5. The van der Waals surface area contributed by atoms with Gasteiger partial charge in [-0.15, -0.1) is 0 Å². The summed E-state index contributed by atoms with van der Waals surface area (Å²) in [4.78, 5) is 0. The first-order valence-electron chi connectivity index (χ1n) is 7.76. The Bertz CT molecular complexity index is 332. The van der Waals surface area contributed by atoms with Crippen LogP contribution in [0.5, 0.6) is 0 Å². The van der Waals surface area contributed by atoms with Crippen LogP contribution < -0.4 is 5.32 Å². The molecule has 1 fully saturated rings. The Morgan fingerprint density at radius 3 is 2.63 bits per heavy atom. The zero-order valence-corrected chi connectivity index (χ0v) is 12.9. The van der Waals surface area contributed by atoms with Crippen molar-refractivity contribution in [3.05, 3.63) is 35.9 Å². The lowest BCUT2D eigenvalue weighted by Gasteiger charge is -2.25. The number of nitrogens with one attached hydrogen (secondary N) is 1. The molecule has 1 N–H and O–H groups in total. The monoisotopic (exact) mass is 277 g/mol. The summed E-state index contributed by atoms with van der Waals surface area (Å²) >= 11 is 2.12. The van der Waals surface area contributed by atoms with Crippen LogP contribution in [-0.2, 0) is 0 Å². The molecule has 0 spiro atoms. The zero-order chi connectivity index (χ0) is 13.3. The van der Waals surface area contributed by atoms with E-state index in [0.29, 0.717) is 6.04 Å². The molecule has 0 saturated carbocycles. The van der Waals surface area contributed by atoms with E-state index in [-0.39, 0.29) is 0 Å². The summed E-state index contributed by atoms with van der Waals surface area (Å²) in [6.45, 7) is 3.48. The van der Waals surface area contributed by atoms with Gasteiger partial charge in [0.05, 0.1) is 0 Å². The minimum Gasteiger partial charge on any atom is -0.310 e. The third-order valence-corrected chi connectivity index (χ3v) is 5.09. The van der Waals surface area contributed by atoms with Gasteiger partial charge in [0.1, 0.15) is 0 Å². The molecule has 0 aromatic heterocycles. The van der Waals surface area contributed by atoms with E-state index >= 15 is 0 Å². The van der Waals surface area contributed by atoms with Crippen molar-refractivity contribution in [2.75, 3.05) is 18.1 Å². The van der Waals surface area contributed by atoms with Crippen LogP contribution in [0.15, 0.2) is 30.3 Å². The second-order valence-corrected chi connectivity index (χ2v) is 6.79. The van der Waals surface area contributed by atoms with Gasteiger partial charge in [-0.25, -0.2) is 0 Å². The lowest BCUT2D eigenvalue weighted by molar-refractivity contribution is 0.394. The molecule has 1 heterocycles. The van der Waals surface area contributed by atoms with E-state index in [0.717, 1.165) is 5.92 Å². The highest BCUT2D eigenvalue weighted by molar-refractivity contribution is 7.99. The van der Waals surface area contributed by atoms with Gasteiger partial charge >= 0.3 is 0 Å². The molecule has 0 bridgehead atoms. The fourth-order valence-corrected chi connectivity index (χ4v) is 3.94. The molecule has 1 aliphatic rings. The lowest BCUT2D eigenvalue weighted by atomic mass is 9.98. The predicted octanol–water partition coefficient (Wildman–Crippen LogP) is 4.65. The van der Waals surface area contributed by atoms with Crippen molar-refractivity contribution in [3.8, 4) is 0 Å². The number of hydrogen-bond donors (Lipinski definition) is 1.